The standard InChI is InChI=1S/C13H14N2O/c1-9-4-6-12(7-5-9)15-13(16)11(3)10(2)8-14-15/h4-8H,1-3H3. The molecule has 0 N–H and O–H groups in total. The molecule has 3 heteroatoms. The second-order valence-electron chi connectivity index (χ2n) is 4.01. The minimum Gasteiger partial charge on any atom is -0.267 e. The first kappa shape index (κ1) is 10.6. The highest BCUT2D eigenvalue weighted by atomic mass is 16.1. The number of benzene rings is 1. The summed E-state index contributed by atoms with van der Waals surface area (Å²) in [7, 11) is 0. The monoisotopic (exact) mass is 214 g/mol. The average molecular weight is 214 g/mol. The smallest absolute Gasteiger partial charge is 0.267 e. The topological polar surface area (TPSA) is 34.9 Å². The van der Waals surface area contributed by atoms with E-state index in [1.807, 2.05) is 45.0 Å². The van der Waals surface area contributed by atoms with Gasteiger partial charge in [-0.2, -0.15) is 9.78 Å². The summed E-state index contributed by atoms with van der Waals surface area (Å²) in [5.74, 6) is 0. The van der Waals surface area contributed by atoms with Crippen LogP contribution in [-0.4, -0.2) is 9.78 Å². The maximum atomic E-state index is 12.0. The highest BCUT2D eigenvalue weighted by molar-refractivity contribution is 5.34. The normalized spacial score (nSPS) is 10.4. The third kappa shape index (κ3) is 1.76. The average Bonchev–Trinajstić information content (AvgIpc) is 2.28. The molecule has 0 saturated heterocycles. The lowest BCUT2D eigenvalue weighted by atomic mass is 10.2. The highest BCUT2D eigenvalue weighted by Crippen LogP contribution is 2.07. The minimum absolute atomic E-state index is 0.0520. The molecular formula is C13H14N2O. The van der Waals surface area contributed by atoms with E-state index in [9.17, 15) is 4.79 Å². The highest BCUT2D eigenvalue weighted by Gasteiger charge is 2.05. The fourth-order valence-corrected chi connectivity index (χ4v) is 1.49. The van der Waals surface area contributed by atoms with E-state index < -0.39 is 0 Å². The Balaban J connectivity index is 2.61. The molecule has 0 aliphatic carbocycles. The molecule has 2 rings (SSSR count). The van der Waals surface area contributed by atoms with Gasteiger partial charge in [0.05, 0.1) is 11.9 Å². The van der Waals surface area contributed by atoms with Crippen molar-refractivity contribution < 1.29 is 0 Å². The molecule has 3 nitrogen and oxygen atoms in total. The molecule has 0 radical (unpaired) electrons. The van der Waals surface area contributed by atoms with Crippen LogP contribution in [0.2, 0.25) is 0 Å². The molecule has 1 heterocycles. The lowest BCUT2D eigenvalue weighted by Crippen LogP contribution is -2.23. The number of rotatable bonds is 1. The first-order valence-electron chi connectivity index (χ1n) is 5.22. The number of nitrogens with zero attached hydrogens (tertiary/aromatic N) is 2. The van der Waals surface area contributed by atoms with E-state index in [2.05, 4.69) is 5.10 Å². The van der Waals surface area contributed by atoms with Crippen LogP contribution in [0.1, 0.15) is 16.7 Å². The van der Waals surface area contributed by atoms with E-state index >= 15 is 0 Å². The Hall–Kier alpha value is -1.90. The third-order valence-electron chi connectivity index (χ3n) is 2.75. The Morgan fingerprint density at radius 1 is 1.06 bits per heavy atom. The van der Waals surface area contributed by atoms with Gasteiger partial charge in [-0.3, -0.25) is 4.79 Å². The van der Waals surface area contributed by atoms with Crippen LogP contribution >= 0.6 is 0 Å². The summed E-state index contributed by atoms with van der Waals surface area (Å²) in [6, 6.07) is 7.74. The molecule has 16 heavy (non-hydrogen) atoms. The second-order valence-corrected chi connectivity index (χ2v) is 4.01. The minimum atomic E-state index is -0.0520. The zero-order chi connectivity index (χ0) is 11.7. The zero-order valence-corrected chi connectivity index (χ0v) is 9.69. The summed E-state index contributed by atoms with van der Waals surface area (Å²) < 4.78 is 1.43. The van der Waals surface area contributed by atoms with Gasteiger partial charge >= 0.3 is 0 Å². The van der Waals surface area contributed by atoms with E-state index in [1.54, 1.807) is 6.20 Å². The van der Waals surface area contributed by atoms with Gasteiger partial charge in [0.2, 0.25) is 0 Å². The quantitative estimate of drug-likeness (QED) is 0.729. The molecule has 0 aliphatic rings. The van der Waals surface area contributed by atoms with Gasteiger partial charge in [0, 0.05) is 5.56 Å². The molecule has 0 unspecified atom stereocenters. The van der Waals surface area contributed by atoms with Gasteiger partial charge in [0.25, 0.3) is 5.56 Å². The Morgan fingerprint density at radius 2 is 1.69 bits per heavy atom. The van der Waals surface area contributed by atoms with E-state index in [4.69, 9.17) is 0 Å². The van der Waals surface area contributed by atoms with E-state index in [0.717, 1.165) is 16.8 Å². The van der Waals surface area contributed by atoms with Crippen molar-refractivity contribution in [2.75, 3.05) is 0 Å². The summed E-state index contributed by atoms with van der Waals surface area (Å²) in [4.78, 5) is 12.0. The van der Waals surface area contributed by atoms with Gasteiger partial charge in [-0.15, -0.1) is 0 Å². The fourth-order valence-electron chi connectivity index (χ4n) is 1.49. The summed E-state index contributed by atoms with van der Waals surface area (Å²) in [6.45, 7) is 5.73. The maximum Gasteiger partial charge on any atom is 0.274 e. The number of hydrogen-bond acceptors (Lipinski definition) is 2. The van der Waals surface area contributed by atoms with Crippen molar-refractivity contribution in [1.82, 2.24) is 9.78 Å². The largest absolute Gasteiger partial charge is 0.274 e. The van der Waals surface area contributed by atoms with Gasteiger partial charge in [-0.25, -0.2) is 0 Å². The molecule has 0 saturated carbocycles. The van der Waals surface area contributed by atoms with Crippen molar-refractivity contribution >= 4 is 0 Å². The molecule has 2 aromatic rings. The van der Waals surface area contributed by atoms with E-state index in [1.165, 1.54) is 10.2 Å². The van der Waals surface area contributed by atoms with Gasteiger partial charge in [0.15, 0.2) is 0 Å². The van der Waals surface area contributed by atoms with Crippen molar-refractivity contribution in [3.63, 3.8) is 0 Å². The molecule has 82 valence electrons. The number of hydrogen-bond donors (Lipinski definition) is 0. The maximum absolute atomic E-state index is 12.0. The van der Waals surface area contributed by atoms with Crippen LogP contribution in [0.15, 0.2) is 35.3 Å². The van der Waals surface area contributed by atoms with Crippen molar-refractivity contribution in [3.8, 4) is 5.69 Å². The van der Waals surface area contributed by atoms with Crippen LogP contribution in [0.5, 0.6) is 0 Å². The molecule has 0 spiro atoms. The predicted octanol–water partition coefficient (Wildman–Crippen LogP) is 2.16. The van der Waals surface area contributed by atoms with Crippen LogP contribution < -0.4 is 5.56 Å². The van der Waals surface area contributed by atoms with Crippen LogP contribution in [0.25, 0.3) is 5.69 Å². The second kappa shape index (κ2) is 3.93. The molecule has 0 atom stereocenters. The Kier molecular flexibility index (Phi) is 2.60. The summed E-state index contributed by atoms with van der Waals surface area (Å²) >= 11 is 0. The fraction of sp³-hybridized carbons (Fsp3) is 0.231. The molecule has 1 aromatic heterocycles. The van der Waals surface area contributed by atoms with Crippen molar-refractivity contribution in [2.45, 2.75) is 20.8 Å². The van der Waals surface area contributed by atoms with Crippen LogP contribution in [0.3, 0.4) is 0 Å². The van der Waals surface area contributed by atoms with Crippen LogP contribution in [0.4, 0.5) is 0 Å². The molecule has 0 bridgehead atoms. The molecule has 0 amide bonds. The van der Waals surface area contributed by atoms with Crippen LogP contribution in [0, 0.1) is 20.8 Å². The molecule has 1 aromatic carbocycles. The van der Waals surface area contributed by atoms with Crippen molar-refractivity contribution in [1.29, 1.82) is 0 Å². The van der Waals surface area contributed by atoms with Gasteiger partial charge < -0.3 is 0 Å². The van der Waals surface area contributed by atoms with E-state index in [0.29, 0.717) is 0 Å². The summed E-state index contributed by atoms with van der Waals surface area (Å²) in [5.41, 5.74) is 3.59. The first-order chi connectivity index (χ1) is 7.59. The predicted molar refractivity (Wildman–Crippen MR) is 64.0 cm³/mol. The van der Waals surface area contributed by atoms with Gasteiger partial charge in [0.1, 0.15) is 0 Å². The molecular weight excluding hydrogens is 200 g/mol. The molecule has 0 fully saturated rings. The van der Waals surface area contributed by atoms with Gasteiger partial charge in [-0.05, 0) is 38.5 Å². The Bertz CT molecular complexity index is 567. The summed E-state index contributed by atoms with van der Waals surface area (Å²) in [6.07, 6.45) is 1.72. The lowest BCUT2D eigenvalue weighted by Gasteiger charge is -2.06. The lowest BCUT2D eigenvalue weighted by molar-refractivity contribution is 0.789. The number of aromatic nitrogens is 2. The van der Waals surface area contributed by atoms with Crippen molar-refractivity contribution in [3.05, 3.63) is 57.5 Å². The SMILES string of the molecule is Cc1ccc(-n2ncc(C)c(C)c2=O)cc1. The zero-order valence-electron chi connectivity index (χ0n) is 9.69. The third-order valence-corrected chi connectivity index (χ3v) is 2.75. The summed E-state index contributed by atoms with van der Waals surface area (Å²) in [5, 5.41) is 4.14. The van der Waals surface area contributed by atoms with Crippen LogP contribution in [-0.2, 0) is 0 Å². The molecule has 0 aliphatic heterocycles. The first-order valence-corrected chi connectivity index (χ1v) is 5.22. The van der Waals surface area contributed by atoms with Gasteiger partial charge in [-0.1, -0.05) is 17.7 Å². The Morgan fingerprint density at radius 3 is 2.31 bits per heavy atom. The number of aryl methyl sites for hydroxylation is 2. The Labute approximate surface area is 94.4 Å². The van der Waals surface area contributed by atoms with E-state index in [-0.39, 0.29) is 5.56 Å². The van der Waals surface area contributed by atoms with Crippen molar-refractivity contribution in [2.24, 2.45) is 0 Å².